The number of hydrogen-bond donors (Lipinski definition) is 1. The average molecular weight is 55.1 g/mol. The molecule has 1 aliphatic carbocycles. The lowest BCUT2D eigenvalue weighted by Crippen LogP contribution is -1.89. The maximum atomic E-state index is 3.19. The Morgan fingerprint density at radius 3 is 1.75 bits per heavy atom. The molecule has 0 bridgehead atoms. The quantitative estimate of drug-likeness (QED) is 0.378. The molecule has 1 saturated heterocycles. The summed E-state index contributed by atoms with van der Waals surface area (Å²) in [4.78, 5) is 0. The van der Waals surface area contributed by atoms with Crippen molar-refractivity contribution in [3.05, 3.63) is 0 Å². The average Bonchev–Trinajstić information content (AvgIpc) is 1.36. The topological polar surface area (TPSA) is 21.9 Å². The number of hydrogen-bond acceptors (Lipinski definition) is 1. The first-order valence-electron chi connectivity index (χ1n) is 1.73. The first-order valence-corrected chi connectivity index (χ1v) is 1.73. The van der Waals surface area contributed by atoms with Crippen LogP contribution in [-0.4, -0.2) is 12.1 Å². The zero-order valence-electron chi connectivity index (χ0n) is 2.36. The molecule has 0 aromatic rings. The molecule has 2 rings (SSSR count). The Hall–Kier alpha value is -0.0400. The van der Waals surface area contributed by atoms with Crippen molar-refractivity contribution in [2.45, 2.75) is 18.5 Å². The maximum absolute atomic E-state index is 3.19. The molecule has 0 amide bonds. The van der Waals surface area contributed by atoms with Gasteiger partial charge in [-0.15, -0.1) is 0 Å². The molecule has 22 valence electrons. The van der Waals surface area contributed by atoms with Crippen molar-refractivity contribution in [1.29, 1.82) is 0 Å². The molecule has 0 aromatic heterocycles. The van der Waals surface area contributed by atoms with Crippen molar-refractivity contribution >= 4 is 0 Å². The SMILES string of the molecule is C1C2N[C@H]12. The molecule has 2 aliphatic rings. The Kier molecular flexibility index (Phi) is 0.0633. The van der Waals surface area contributed by atoms with Crippen LogP contribution >= 0.6 is 0 Å². The minimum Gasteiger partial charge on any atom is -0.308 e. The number of fused-ring (bicyclic) bond motifs is 1. The Morgan fingerprint density at radius 2 is 1.75 bits per heavy atom. The molecule has 2 atom stereocenters. The minimum atomic E-state index is 1.000. The van der Waals surface area contributed by atoms with E-state index in [1.165, 1.54) is 6.42 Å². The van der Waals surface area contributed by atoms with E-state index in [0.29, 0.717) is 0 Å². The molecule has 1 heteroatoms. The fourth-order valence-corrected chi connectivity index (χ4v) is 0.390. The third kappa shape index (κ3) is 0.0285. The predicted molar refractivity (Wildman–Crippen MR) is 15.3 cm³/mol. The first kappa shape index (κ1) is 1.41. The van der Waals surface area contributed by atoms with Gasteiger partial charge >= 0.3 is 0 Å². The second-order valence-corrected chi connectivity index (χ2v) is 1.62. The van der Waals surface area contributed by atoms with Crippen LogP contribution in [0, 0.1) is 0 Å². The molecule has 1 N–H and O–H groups in total. The summed E-state index contributed by atoms with van der Waals surface area (Å²) < 4.78 is 0. The highest BCUT2D eigenvalue weighted by Gasteiger charge is 2.52. The molecular formula is C3H5N. The fraction of sp³-hybridized carbons (Fsp3) is 1.00. The van der Waals surface area contributed by atoms with Gasteiger partial charge in [-0.2, -0.15) is 0 Å². The van der Waals surface area contributed by atoms with Crippen LogP contribution in [0.25, 0.3) is 0 Å². The van der Waals surface area contributed by atoms with E-state index in [2.05, 4.69) is 5.32 Å². The maximum Gasteiger partial charge on any atom is 0.0240 e. The summed E-state index contributed by atoms with van der Waals surface area (Å²) in [6.45, 7) is 0. The van der Waals surface area contributed by atoms with Crippen LogP contribution < -0.4 is 5.32 Å². The molecule has 1 aliphatic heterocycles. The lowest BCUT2D eigenvalue weighted by Gasteiger charge is -1.66. The van der Waals surface area contributed by atoms with Crippen LogP contribution in [-0.2, 0) is 0 Å². The molecule has 1 heterocycles. The summed E-state index contributed by atoms with van der Waals surface area (Å²) in [5.41, 5.74) is 0. The smallest absolute Gasteiger partial charge is 0.0240 e. The van der Waals surface area contributed by atoms with E-state index >= 15 is 0 Å². The van der Waals surface area contributed by atoms with E-state index < -0.39 is 0 Å². The van der Waals surface area contributed by atoms with Crippen LogP contribution in [0.2, 0.25) is 0 Å². The third-order valence-electron chi connectivity index (χ3n) is 1.11. The van der Waals surface area contributed by atoms with Crippen molar-refractivity contribution in [2.24, 2.45) is 0 Å². The Labute approximate surface area is 25.0 Å². The first-order chi connectivity index (χ1) is 1.97. The third-order valence-corrected chi connectivity index (χ3v) is 1.11. The molecule has 4 heavy (non-hydrogen) atoms. The van der Waals surface area contributed by atoms with Crippen molar-refractivity contribution in [1.82, 2.24) is 5.32 Å². The van der Waals surface area contributed by atoms with Gasteiger partial charge in [-0.1, -0.05) is 0 Å². The fourth-order valence-electron chi connectivity index (χ4n) is 0.390. The van der Waals surface area contributed by atoms with Gasteiger partial charge in [0.15, 0.2) is 0 Å². The van der Waals surface area contributed by atoms with Crippen molar-refractivity contribution in [2.75, 3.05) is 0 Å². The van der Waals surface area contributed by atoms with E-state index in [9.17, 15) is 0 Å². The second-order valence-electron chi connectivity index (χ2n) is 1.62. The highest BCUT2D eigenvalue weighted by molar-refractivity contribution is 5.16. The minimum absolute atomic E-state index is 1.000. The zero-order chi connectivity index (χ0) is 2.57. The van der Waals surface area contributed by atoms with Gasteiger partial charge < -0.3 is 5.32 Å². The normalized spacial score (nSPS) is 66.0. The summed E-state index contributed by atoms with van der Waals surface area (Å²) in [5.74, 6) is 0. The Bertz CT molecular complexity index is 39.2. The standard InChI is InChI=1S/C3H5N/c1-2-3(1)4-2/h2-4H,1H2/t2-,3?/m1/s1. The highest BCUT2D eigenvalue weighted by atomic mass is 15.2. The van der Waals surface area contributed by atoms with Crippen molar-refractivity contribution in [3.8, 4) is 0 Å². The molecule has 1 unspecified atom stereocenters. The molecule has 0 radical (unpaired) electrons. The zero-order valence-corrected chi connectivity index (χ0v) is 2.36. The molecular weight excluding hydrogens is 50.0 g/mol. The summed E-state index contributed by atoms with van der Waals surface area (Å²) in [5, 5.41) is 3.19. The predicted octanol–water partition coefficient (Wildman–Crippen LogP) is -0.270. The van der Waals surface area contributed by atoms with E-state index in [1.807, 2.05) is 0 Å². The second kappa shape index (κ2) is 0.179. The van der Waals surface area contributed by atoms with Crippen LogP contribution in [0.1, 0.15) is 6.42 Å². The Balaban J connectivity index is 2.48. The van der Waals surface area contributed by atoms with Crippen LogP contribution in [0.4, 0.5) is 0 Å². The van der Waals surface area contributed by atoms with Gasteiger partial charge in [0.2, 0.25) is 0 Å². The molecule has 0 aromatic carbocycles. The van der Waals surface area contributed by atoms with E-state index in [1.54, 1.807) is 0 Å². The lowest BCUT2D eigenvalue weighted by molar-refractivity contribution is 0.905. The van der Waals surface area contributed by atoms with Crippen LogP contribution in [0.15, 0.2) is 0 Å². The van der Waals surface area contributed by atoms with Gasteiger partial charge in [0, 0.05) is 12.1 Å². The summed E-state index contributed by atoms with van der Waals surface area (Å²) >= 11 is 0. The molecule has 1 saturated carbocycles. The molecule has 2 fully saturated rings. The van der Waals surface area contributed by atoms with Crippen molar-refractivity contribution < 1.29 is 0 Å². The molecule has 0 spiro atoms. The lowest BCUT2D eigenvalue weighted by atomic mass is 10.8. The van der Waals surface area contributed by atoms with Gasteiger partial charge in [-0.3, -0.25) is 0 Å². The van der Waals surface area contributed by atoms with E-state index in [4.69, 9.17) is 0 Å². The highest BCUT2D eigenvalue weighted by Crippen LogP contribution is 2.35. The summed E-state index contributed by atoms with van der Waals surface area (Å²) in [7, 11) is 0. The van der Waals surface area contributed by atoms with Gasteiger partial charge in [-0.05, 0) is 6.42 Å². The van der Waals surface area contributed by atoms with Gasteiger partial charge in [0.25, 0.3) is 0 Å². The monoisotopic (exact) mass is 55.0 g/mol. The van der Waals surface area contributed by atoms with E-state index in [0.717, 1.165) is 12.1 Å². The van der Waals surface area contributed by atoms with Crippen molar-refractivity contribution in [3.63, 3.8) is 0 Å². The van der Waals surface area contributed by atoms with Crippen LogP contribution in [0.5, 0.6) is 0 Å². The van der Waals surface area contributed by atoms with Crippen LogP contribution in [0.3, 0.4) is 0 Å². The Morgan fingerprint density at radius 1 is 1.50 bits per heavy atom. The largest absolute Gasteiger partial charge is 0.308 e. The number of rotatable bonds is 0. The van der Waals surface area contributed by atoms with Gasteiger partial charge in [0.1, 0.15) is 0 Å². The summed E-state index contributed by atoms with van der Waals surface area (Å²) in [6.07, 6.45) is 1.47. The van der Waals surface area contributed by atoms with Gasteiger partial charge in [0.05, 0.1) is 0 Å². The van der Waals surface area contributed by atoms with Gasteiger partial charge in [-0.25, -0.2) is 0 Å². The summed E-state index contributed by atoms with van der Waals surface area (Å²) in [6, 6.07) is 2.00. The number of nitrogens with one attached hydrogen (secondary N) is 1. The molecule has 1 nitrogen and oxygen atoms in total. The van der Waals surface area contributed by atoms with E-state index in [-0.39, 0.29) is 0 Å².